The van der Waals surface area contributed by atoms with Gasteiger partial charge in [0.15, 0.2) is 6.10 Å². The van der Waals surface area contributed by atoms with Crippen molar-refractivity contribution in [2.24, 2.45) is 0 Å². The summed E-state index contributed by atoms with van der Waals surface area (Å²) in [4.78, 5) is 38.2. The summed E-state index contributed by atoms with van der Waals surface area (Å²) in [6.07, 6.45) is 69.3. The average molecular weight is 988 g/mol. The summed E-state index contributed by atoms with van der Waals surface area (Å²) < 4.78 is 16.9. The van der Waals surface area contributed by atoms with Gasteiger partial charge in [-0.3, -0.25) is 14.4 Å². The smallest absolute Gasteiger partial charge is 0.306 e. The number of rotatable bonds is 59. The van der Waals surface area contributed by atoms with Gasteiger partial charge in [0.2, 0.25) is 0 Å². The molecule has 0 rings (SSSR count). The van der Waals surface area contributed by atoms with Gasteiger partial charge in [-0.2, -0.15) is 0 Å². The van der Waals surface area contributed by atoms with Gasteiger partial charge in [0, 0.05) is 19.3 Å². The summed E-state index contributed by atoms with van der Waals surface area (Å²) in [6, 6.07) is 0. The third kappa shape index (κ3) is 57.1. The van der Waals surface area contributed by atoms with Gasteiger partial charge in [-0.05, 0) is 44.9 Å². The Kier molecular flexibility index (Phi) is 58.1. The van der Waals surface area contributed by atoms with E-state index in [9.17, 15) is 14.4 Å². The fourth-order valence-corrected chi connectivity index (χ4v) is 9.74. The second-order valence-electron chi connectivity index (χ2n) is 21.7. The predicted octanol–water partition coefficient (Wildman–Crippen LogP) is 21.3. The number of ether oxygens (including phenoxy) is 3. The van der Waals surface area contributed by atoms with E-state index in [0.29, 0.717) is 19.3 Å². The zero-order valence-corrected chi connectivity index (χ0v) is 47.6. The van der Waals surface area contributed by atoms with E-state index in [4.69, 9.17) is 14.2 Å². The molecule has 0 heterocycles. The van der Waals surface area contributed by atoms with Crippen molar-refractivity contribution in [3.8, 4) is 0 Å². The van der Waals surface area contributed by atoms with Crippen LogP contribution in [0.25, 0.3) is 0 Å². The molecular weight excluding hydrogens is 865 g/mol. The maximum atomic E-state index is 12.9. The molecule has 0 N–H and O–H groups in total. The van der Waals surface area contributed by atoms with E-state index >= 15 is 0 Å². The van der Waals surface area contributed by atoms with E-state index in [-0.39, 0.29) is 31.1 Å². The number of unbranched alkanes of at least 4 members (excludes halogenated alkanes) is 46. The maximum absolute atomic E-state index is 12.9. The van der Waals surface area contributed by atoms with Crippen LogP contribution in [-0.4, -0.2) is 37.2 Å². The monoisotopic (exact) mass is 987 g/mol. The second kappa shape index (κ2) is 59.7. The number of carbonyl (C=O) groups is 3. The SMILES string of the molecule is CCCCCCCCC/C=C\CCCCCCCCCC(=O)OC(COC(=O)CCCCCCCCCCCCCC)COC(=O)CCCCCCCCCCCCCCCCCCCCCCCC. The van der Waals surface area contributed by atoms with Gasteiger partial charge in [0.1, 0.15) is 13.2 Å². The van der Waals surface area contributed by atoms with Crippen LogP contribution >= 0.6 is 0 Å². The van der Waals surface area contributed by atoms with Crippen molar-refractivity contribution in [3.63, 3.8) is 0 Å². The fourth-order valence-electron chi connectivity index (χ4n) is 9.74. The highest BCUT2D eigenvalue weighted by Crippen LogP contribution is 2.18. The molecule has 1 atom stereocenters. The molecule has 0 amide bonds. The van der Waals surface area contributed by atoms with Gasteiger partial charge >= 0.3 is 17.9 Å². The van der Waals surface area contributed by atoms with Crippen LogP contribution in [0.5, 0.6) is 0 Å². The van der Waals surface area contributed by atoms with Crippen LogP contribution in [0.1, 0.15) is 361 Å². The Labute approximate surface area is 437 Å². The number of carbonyl (C=O) groups excluding carboxylic acids is 3. The lowest BCUT2D eigenvalue weighted by Gasteiger charge is -2.18. The predicted molar refractivity (Wildman–Crippen MR) is 303 cm³/mol. The first-order valence-corrected chi connectivity index (χ1v) is 31.7. The summed E-state index contributed by atoms with van der Waals surface area (Å²) in [5.41, 5.74) is 0. The average Bonchev–Trinajstić information content (AvgIpc) is 3.36. The number of esters is 3. The van der Waals surface area contributed by atoms with Crippen LogP contribution in [0, 0.1) is 0 Å². The maximum Gasteiger partial charge on any atom is 0.306 e. The van der Waals surface area contributed by atoms with E-state index in [1.165, 1.54) is 263 Å². The summed E-state index contributed by atoms with van der Waals surface area (Å²) in [5, 5.41) is 0. The number of allylic oxidation sites excluding steroid dienone is 2. The zero-order chi connectivity index (χ0) is 50.7. The summed E-state index contributed by atoms with van der Waals surface area (Å²) >= 11 is 0. The molecule has 0 aliphatic heterocycles. The third-order valence-corrected chi connectivity index (χ3v) is 14.5. The minimum Gasteiger partial charge on any atom is -0.462 e. The van der Waals surface area contributed by atoms with E-state index in [0.717, 1.165) is 57.8 Å². The molecule has 0 saturated carbocycles. The molecule has 6 heteroatoms. The zero-order valence-electron chi connectivity index (χ0n) is 47.6. The largest absolute Gasteiger partial charge is 0.462 e. The molecule has 0 spiro atoms. The Bertz CT molecular complexity index is 1090. The lowest BCUT2D eigenvalue weighted by atomic mass is 10.0. The molecule has 1 unspecified atom stereocenters. The van der Waals surface area contributed by atoms with Crippen molar-refractivity contribution in [2.75, 3.05) is 13.2 Å². The van der Waals surface area contributed by atoms with Crippen LogP contribution in [-0.2, 0) is 28.6 Å². The van der Waals surface area contributed by atoms with Crippen LogP contribution in [0.3, 0.4) is 0 Å². The Morgan fingerprint density at radius 1 is 0.271 bits per heavy atom. The van der Waals surface area contributed by atoms with Crippen molar-refractivity contribution in [1.29, 1.82) is 0 Å². The molecule has 414 valence electrons. The van der Waals surface area contributed by atoms with E-state index in [2.05, 4.69) is 32.9 Å². The van der Waals surface area contributed by atoms with Gasteiger partial charge in [-0.15, -0.1) is 0 Å². The van der Waals surface area contributed by atoms with Crippen molar-refractivity contribution >= 4 is 17.9 Å². The van der Waals surface area contributed by atoms with Gasteiger partial charge in [0.05, 0.1) is 0 Å². The number of hydrogen-bond donors (Lipinski definition) is 0. The molecule has 0 fully saturated rings. The summed E-state index contributed by atoms with van der Waals surface area (Å²) in [5.74, 6) is -0.841. The normalized spacial score (nSPS) is 12.0. The second-order valence-corrected chi connectivity index (χ2v) is 21.7. The molecule has 0 radical (unpaired) electrons. The topological polar surface area (TPSA) is 78.9 Å². The Morgan fingerprint density at radius 3 is 0.714 bits per heavy atom. The van der Waals surface area contributed by atoms with Crippen molar-refractivity contribution in [3.05, 3.63) is 12.2 Å². The highest BCUT2D eigenvalue weighted by molar-refractivity contribution is 5.71. The lowest BCUT2D eigenvalue weighted by Crippen LogP contribution is -2.30. The molecule has 0 aromatic carbocycles. The van der Waals surface area contributed by atoms with Crippen molar-refractivity contribution in [2.45, 2.75) is 367 Å². The van der Waals surface area contributed by atoms with Gasteiger partial charge < -0.3 is 14.2 Å². The molecule has 0 aromatic rings. The Hall–Kier alpha value is -1.85. The molecule has 0 bridgehead atoms. The van der Waals surface area contributed by atoms with Crippen molar-refractivity contribution < 1.29 is 28.6 Å². The van der Waals surface area contributed by atoms with E-state index in [1.807, 2.05) is 0 Å². The van der Waals surface area contributed by atoms with E-state index in [1.54, 1.807) is 0 Å². The molecule has 70 heavy (non-hydrogen) atoms. The highest BCUT2D eigenvalue weighted by atomic mass is 16.6. The molecule has 0 aliphatic rings. The number of hydrogen-bond acceptors (Lipinski definition) is 6. The minimum atomic E-state index is -0.767. The first-order chi connectivity index (χ1) is 34.5. The molecule has 0 aromatic heterocycles. The first-order valence-electron chi connectivity index (χ1n) is 31.7. The first kappa shape index (κ1) is 68.2. The standard InChI is InChI=1S/C64H122O6/c1-4-7-10-13-16-19-22-25-27-29-31-32-33-34-36-37-39-42-45-48-51-54-57-63(66)69-60-61(59-68-62(65)56-53-50-47-44-41-24-21-18-15-12-9-6-3)70-64(67)58-55-52-49-46-43-40-38-35-30-28-26-23-20-17-14-11-8-5-2/h28,30,61H,4-27,29,31-60H2,1-3H3/b30-28-. The van der Waals surface area contributed by atoms with Crippen LogP contribution in [0.4, 0.5) is 0 Å². The van der Waals surface area contributed by atoms with Crippen LogP contribution in [0.2, 0.25) is 0 Å². The summed E-state index contributed by atoms with van der Waals surface area (Å²) in [6.45, 7) is 6.70. The summed E-state index contributed by atoms with van der Waals surface area (Å²) in [7, 11) is 0. The van der Waals surface area contributed by atoms with E-state index < -0.39 is 6.10 Å². The molecular formula is C64H122O6. The molecule has 0 aliphatic carbocycles. The van der Waals surface area contributed by atoms with Gasteiger partial charge in [0.25, 0.3) is 0 Å². The molecule has 0 saturated heterocycles. The fraction of sp³-hybridized carbons (Fsp3) is 0.922. The highest BCUT2D eigenvalue weighted by Gasteiger charge is 2.19. The van der Waals surface area contributed by atoms with Crippen LogP contribution < -0.4 is 0 Å². The van der Waals surface area contributed by atoms with Crippen molar-refractivity contribution in [1.82, 2.24) is 0 Å². The Balaban J connectivity index is 4.24. The van der Waals surface area contributed by atoms with Gasteiger partial charge in [-0.25, -0.2) is 0 Å². The third-order valence-electron chi connectivity index (χ3n) is 14.5. The molecule has 6 nitrogen and oxygen atoms in total. The minimum absolute atomic E-state index is 0.0654. The van der Waals surface area contributed by atoms with Gasteiger partial charge in [-0.1, -0.05) is 309 Å². The quantitative estimate of drug-likeness (QED) is 0.0261. The lowest BCUT2D eigenvalue weighted by molar-refractivity contribution is -0.167. The Morgan fingerprint density at radius 2 is 0.471 bits per heavy atom. The van der Waals surface area contributed by atoms with Crippen LogP contribution in [0.15, 0.2) is 12.2 Å².